The second kappa shape index (κ2) is 7.43. The topological polar surface area (TPSA) is 77.6 Å². The van der Waals surface area contributed by atoms with Crippen molar-refractivity contribution in [2.75, 3.05) is 0 Å². The Bertz CT molecular complexity index is 1070. The van der Waals surface area contributed by atoms with Crippen molar-refractivity contribution in [3.63, 3.8) is 0 Å². The third-order valence-electron chi connectivity index (χ3n) is 4.41. The predicted octanol–water partition coefficient (Wildman–Crippen LogP) is 2.66. The molecule has 1 amide bonds. The largest absolute Gasteiger partial charge is 0.338 e. The molecule has 0 fully saturated rings. The molecule has 8 heteroatoms. The smallest absolute Gasteiger partial charge is 0.252 e. The normalized spacial score (nSPS) is 11.9. The standard InChI is InChI=1S/C20H17FN6O/c1-26-11-10-23-19(26)18(14-2-6-16(21)7-3-14)25-20(28)15-4-8-17(9-5-15)27-13-22-12-24-27/h2-13,18H,1H3,(H,25,28). The molecule has 0 aliphatic carbocycles. The van der Waals surface area contributed by atoms with Crippen molar-refractivity contribution in [1.29, 1.82) is 0 Å². The Morgan fingerprint density at radius 1 is 1.11 bits per heavy atom. The number of rotatable bonds is 5. The molecule has 0 saturated heterocycles. The molecule has 0 aliphatic heterocycles. The van der Waals surface area contributed by atoms with E-state index in [0.717, 1.165) is 11.3 Å². The summed E-state index contributed by atoms with van der Waals surface area (Å²) in [6, 6.07) is 12.5. The summed E-state index contributed by atoms with van der Waals surface area (Å²) >= 11 is 0. The van der Waals surface area contributed by atoms with Crippen molar-refractivity contribution in [3.05, 3.63) is 96.3 Å². The van der Waals surface area contributed by atoms with Gasteiger partial charge in [-0.1, -0.05) is 12.1 Å². The maximum Gasteiger partial charge on any atom is 0.252 e. The Balaban J connectivity index is 1.60. The van der Waals surface area contributed by atoms with E-state index in [-0.39, 0.29) is 11.7 Å². The molecule has 0 bridgehead atoms. The molecule has 140 valence electrons. The van der Waals surface area contributed by atoms with Gasteiger partial charge < -0.3 is 9.88 Å². The maximum atomic E-state index is 13.3. The maximum absolute atomic E-state index is 13.3. The van der Waals surface area contributed by atoms with E-state index in [9.17, 15) is 9.18 Å². The molecular weight excluding hydrogens is 359 g/mol. The van der Waals surface area contributed by atoms with Gasteiger partial charge in [-0.15, -0.1) is 0 Å². The molecule has 4 aromatic rings. The molecule has 0 spiro atoms. The highest BCUT2D eigenvalue weighted by Gasteiger charge is 2.21. The summed E-state index contributed by atoms with van der Waals surface area (Å²) in [5.74, 6) is 0.0547. The Hall–Kier alpha value is -3.81. The summed E-state index contributed by atoms with van der Waals surface area (Å²) in [4.78, 5) is 21.1. The molecule has 0 radical (unpaired) electrons. The van der Waals surface area contributed by atoms with E-state index in [4.69, 9.17) is 0 Å². The number of aromatic nitrogens is 5. The highest BCUT2D eigenvalue weighted by molar-refractivity contribution is 5.94. The molecule has 2 heterocycles. The lowest BCUT2D eigenvalue weighted by Crippen LogP contribution is -2.31. The summed E-state index contributed by atoms with van der Waals surface area (Å²) in [6.45, 7) is 0. The molecule has 2 aromatic carbocycles. The zero-order chi connectivity index (χ0) is 19.5. The molecule has 0 aliphatic rings. The van der Waals surface area contributed by atoms with E-state index in [2.05, 4.69) is 20.4 Å². The second-order valence-corrected chi connectivity index (χ2v) is 6.24. The van der Waals surface area contributed by atoms with E-state index in [0.29, 0.717) is 11.4 Å². The number of imidazole rings is 1. The fourth-order valence-electron chi connectivity index (χ4n) is 2.93. The van der Waals surface area contributed by atoms with Gasteiger partial charge in [0.2, 0.25) is 0 Å². The van der Waals surface area contributed by atoms with Gasteiger partial charge in [0, 0.05) is 25.0 Å². The molecule has 7 nitrogen and oxygen atoms in total. The van der Waals surface area contributed by atoms with Crippen LogP contribution in [0.25, 0.3) is 5.69 Å². The summed E-state index contributed by atoms with van der Waals surface area (Å²) in [6.07, 6.45) is 6.48. The molecule has 2 aromatic heterocycles. The van der Waals surface area contributed by atoms with Gasteiger partial charge >= 0.3 is 0 Å². The van der Waals surface area contributed by atoms with Crippen LogP contribution in [0.2, 0.25) is 0 Å². The van der Waals surface area contributed by atoms with Crippen molar-refractivity contribution in [3.8, 4) is 5.69 Å². The Morgan fingerprint density at radius 3 is 2.46 bits per heavy atom. The molecular formula is C20H17FN6O. The lowest BCUT2D eigenvalue weighted by Gasteiger charge is -2.19. The third kappa shape index (κ3) is 3.52. The first kappa shape index (κ1) is 17.6. The van der Waals surface area contributed by atoms with Gasteiger partial charge in [0.15, 0.2) is 0 Å². The van der Waals surface area contributed by atoms with Crippen LogP contribution in [-0.2, 0) is 7.05 Å². The monoisotopic (exact) mass is 376 g/mol. The molecule has 1 unspecified atom stereocenters. The second-order valence-electron chi connectivity index (χ2n) is 6.24. The SMILES string of the molecule is Cn1ccnc1C(NC(=O)c1ccc(-n2cncn2)cc1)c1ccc(F)cc1. The van der Waals surface area contributed by atoms with Crippen molar-refractivity contribution < 1.29 is 9.18 Å². The van der Waals surface area contributed by atoms with Crippen molar-refractivity contribution in [2.45, 2.75) is 6.04 Å². The van der Waals surface area contributed by atoms with Crippen LogP contribution in [0.1, 0.15) is 27.8 Å². The van der Waals surface area contributed by atoms with Gasteiger partial charge in [-0.05, 0) is 42.0 Å². The van der Waals surface area contributed by atoms with Gasteiger partial charge in [-0.25, -0.2) is 19.0 Å². The fourth-order valence-corrected chi connectivity index (χ4v) is 2.93. The van der Waals surface area contributed by atoms with E-state index in [1.807, 2.05) is 11.6 Å². The van der Waals surface area contributed by atoms with Crippen LogP contribution in [0.5, 0.6) is 0 Å². The Morgan fingerprint density at radius 2 is 1.86 bits per heavy atom. The van der Waals surface area contributed by atoms with Crippen molar-refractivity contribution in [2.24, 2.45) is 7.05 Å². The van der Waals surface area contributed by atoms with Crippen LogP contribution in [-0.4, -0.2) is 30.2 Å². The molecule has 4 rings (SSSR count). The number of benzene rings is 2. The number of hydrogen-bond donors (Lipinski definition) is 1. The first-order valence-electron chi connectivity index (χ1n) is 8.60. The van der Waals surface area contributed by atoms with E-state index in [1.54, 1.807) is 59.8 Å². The lowest BCUT2D eigenvalue weighted by molar-refractivity contribution is 0.0941. The minimum Gasteiger partial charge on any atom is -0.338 e. The number of nitrogens with zero attached hydrogens (tertiary/aromatic N) is 5. The third-order valence-corrected chi connectivity index (χ3v) is 4.41. The highest BCUT2D eigenvalue weighted by Crippen LogP contribution is 2.21. The molecule has 28 heavy (non-hydrogen) atoms. The molecule has 1 N–H and O–H groups in total. The van der Waals surface area contributed by atoms with Crippen LogP contribution in [0.3, 0.4) is 0 Å². The summed E-state index contributed by atoms with van der Waals surface area (Å²) in [5.41, 5.74) is 2.03. The van der Waals surface area contributed by atoms with Crippen LogP contribution in [0.4, 0.5) is 4.39 Å². The number of halogens is 1. The highest BCUT2D eigenvalue weighted by atomic mass is 19.1. The zero-order valence-electron chi connectivity index (χ0n) is 15.0. The predicted molar refractivity (Wildman–Crippen MR) is 100 cm³/mol. The van der Waals surface area contributed by atoms with E-state index < -0.39 is 6.04 Å². The zero-order valence-corrected chi connectivity index (χ0v) is 15.0. The van der Waals surface area contributed by atoms with E-state index in [1.165, 1.54) is 18.5 Å². The summed E-state index contributed by atoms with van der Waals surface area (Å²) in [5, 5.41) is 7.05. The number of nitrogens with one attached hydrogen (secondary N) is 1. The average molecular weight is 376 g/mol. The number of aryl methyl sites for hydroxylation is 1. The van der Waals surface area contributed by atoms with Crippen LogP contribution >= 0.6 is 0 Å². The van der Waals surface area contributed by atoms with Crippen LogP contribution < -0.4 is 5.32 Å². The Labute approximate surface area is 160 Å². The lowest BCUT2D eigenvalue weighted by atomic mass is 10.0. The van der Waals surface area contributed by atoms with Crippen molar-refractivity contribution in [1.82, 2.24) is 29.6 Å². The van der Waals surface area contributed by atoms with E-state index >= 15 is 0 Å². The number of carbonyl (C=O) groups excluding carboxylic acids is 1. The molecule has 0 saturated carbocycles. The average Bonchev–Trinajstić information content (AvgIpc) is 3.39. The summed E-state index contributed by atoms with van der Waals surface area (Å²) < 4.78 is 16.8. The number of amides is 1. The van der Waals surface area contributed by atoms with Gasteiger partial charge in [0.05, 0.1) is 5.69 Å². The van der Waals surface area contributed by atoms with Gasteiger partial charge in [-0.3, -0.25) is 4.79 Å². The Kier molecular flexibility index (Phi) is 4.67. The first-order chi connectivity index (χ1) is 13.6. The van der Waals surface area contributed by atoms with Gasteiger partial charge in [0.1, 0.15) is 30.3 Å². The molecule has 1 atom stereocenters. The first-order valence-corrected chi connectivity index (χ1v) is 8.60. The fraction of sp³-hybridized carbons (Fsp3) is 0.100. The van der Waals surface area contributed by atoms with Gasteiger partial charge in [0.25, 0.3) is 5.91 Å². The summed E-state index contributed by atoms with van der Waals surface area (Å²) in [7, 11) is 1.85. The number of carbonyl (C=O) groups is 1. The quantitative estimate of drug-likeness (QED) is 0.581. The number of hydrogen-bond acceptors (Lipinski definition) is 4. The van der Waals surface area contributed by atoms with Crippen molar-refractivity contribution >= 4 is 5.91 Å². The van der Waals surface area contributed by atoms with Gasteiger partial charge in [-0.2, -0.15) is 5.10 Å². The minimum absolute atomic E-state index is 0.262. The minimum atomic E-state index is -0.511. The van der Waals surface area contributed by atoms with Crippen LogP contribution in [0.15, 0.2) is 73.6 Å². The van der Waals surface area contributed by atoms with Crippen LogP contribution in [0, 0.1) is 5.82 Å².